The van der Waals surface area contributed by atoms with Crippen LogP contribution >= 0.6 is 0 Å². The van der Waals surface area contributed by atoms with Crippen molar-refractivity contribution in [2.45, 2.75) is 46.3 Å². The quantitative estimate of drug-likeness (QED) is 0.703. The van der Waals surface area contributed by atoms with Gasteiger partial charge in [0.1, 0.15) is 11.4 Å². The molecule has 1 aromatic carbocycles. The first-order valence-corrected chi connectivity index (χ1v) is 8.79. The third-order valence-corrected chi connectivity index (χ3v) is 4.20. The number of hydrogen-bond acceptors (Lipinski definition) is 5. The lowest BCUT2D eigenvalue weighted by Gasteiger charge is -2.29. The number of aromatic nitrogens is 2. The fourth-order valence-corrected chi connectivity index (χ4v) is 2.92. The average Bonchev–Trinajstić information content (AvgIpc) is 2.99. The van der Waals surface area contributed by atoms with E-state index in [1.165, 1.54) is 0 Å². The molecule has 0 bridgehead atoms. The number of aryl methyl sites for hydroxylation is 1. The lowest BCUT2D eigenvalue weighted by Crippen LogP contribution is -2.40. The largest absolute Gasteiger partial charge is 0.506 e. The van der Waals surface area contributed by atoms with Crippen molar-refractivity contribution in [3.8, 4) is 5.75 Å². The van der Waals surface area contributed by atoms with Gasteiger partial charge < -0.3 is 20.1 Å². The van der Waals surface area contributed by atoms with Crippen molar-refractivity contribution < 1.29 is 19.4 Å². The number of carbonyl (C=O) groups excluding carboxylic acids is 2. The molecule has 0 atom stereocenters. The summed E-state index contributed by atoms with van der Waals surface area (Å²) < 4.78 is 5.39. The normalized spacial score (nSPS) is 13.9. The van der Waals surface area contributed by atoms with Crippen LogP contribution in [0.3, 0.4) is 0 Å². The van der Waals surface area contributed by atoms with Gasteiger partial charge in [0, 0.05) is 12.1 Å². The zero-order valence-corrected chi connectivity index (χ0v) is 15.9. The monoisotopic (exact) mass is 372 g/mol. The number of fused-ring (bicyclic) bond motifs is 1. The number of carbonyl (C=O) groups is 2. The molecule has 0 spiro atoms. The smallest absolute Gasteiger partial charge is 0.410 e. The number of phenols is 1. The summed E-state index contributed by atoms with van der Waals surface area (Å²) in [7, 11) is 0. The molecule has 144 valence electrons. The fraction of sp³-hybridized carbons (Fsp3) is 0.421. The van der Waals surface area contributed by atoms with E-state index in [1.807, 2.05) is 27.7 Å². The Morgan fingerprint density at radius 2 is 2.07 bits per heavy atom. The average molecular weight is 372 g/mol. The van der Waals surface area contributed by atoms with E-state index < -0.39 is 17.6 Å². The molecule has 8 heteroatoms. The summed E-state index contributed by atoms with van der Waals surface area (Å²) in [6.45, 7) is 8.06. The Kier molecular flexibility index (Phi) is 4.82. The van der Waals surface area contributed by atoms with E-state index in [4.69, 9.17) is 4.74 Å². The maximum absolute atomic E-state index is 12.6. The molecule has 3 N–H and O–H groups in total. The van der Waals surface area contributed by atoms with Gasteiger partial charge in [0.15, 0.2) is 5.69 Å². The van der Waals surface area contributed by atoms with Crippen molar-refractivity contribution in [3.63, 3.8) is 0 Å². The molecule has 2 heterocycles. The number of rotatable bonds is 2. The minimum absolute atomic E-state index is 0.00357. The van der Waals surface area contributed by atoms with Crippen molar-refractivity contribution in [1.82, 2.24) is 15.1 Å². The van der Waals surface area contributed by atoms with Gasteiger partial charge in [-0.25, -0.2) is 4.79 Å². The lowest BCUT2D eigenvalue weighted by atomic mass is 10.0. The Balaban J connectivity index is 1.72. The second-order valence-electron chi connectivity index (χ2n) is 7.66. The van der Waals surface area contributed by atoms with Crippen molar-refractivity contribution in [2.75, 3.05) is 11.9 Å². The Morgan fingerprint density at radius 3 is 2.74 bits per heavy atom. The number of aromatic amines is 1. The molecule has 27 heavy (non-hydrogen) atoms. The van der Waals surface area contributed by atoms with Crippen LogP contribution in [0.5, 0.6) is 5.75 Å². The highest BCUT2D eigenvalue weighted by Crippen LogP contribution is 2.26. The molecule has 0 saturated heterocycles. The number of H-pyrrole nitrogens is 1. The van der Waals surface area contributed by atoms with Crippen LogP contribution in [0.2, 0.25) is 0 Å². The summed E-state index contributed by atoms with van der Waals surface area (Å²) in [6, 6.07) is 5.02. The van der Waals surface area contributed by atoms with Gasteiger partial charge in [-0.15, -0.1) is 0 Å². The molecular formula is C19H24N4O4. The van der Waals surface area contributed by atoms with Crippen molar-refractivity contribution in [1.29, 1.82) is 0 Å². The van der Waals surface area contributed by atoms with Gasteiger partial charge in [-0.2, -0.15) is 5.10 Å². The van der Waals surface area contributed by atoms with E-state index in [2.05, 4.69) is 15.5 Å². The number of phenolic OH excluding ortho intramolecular Hbond substituents is 1. The number of ether oxygens (including phenoxy) is 1. The molecule has 1 aromatic heterocycles. The van der Waals surface area contributed by atoms with E-state index in [0.717, 1.165) is 11.1 Å². The molecule has 1 aliphatic heterocycles. The van der Waals surface area contributed by atoms with Gasteiger partial charge in [-0.1, -0.05) is 6.07 Å². The van der Waals surface area contributed by atoms with Crippen LogP contribution in [0.1, 0.15) is 48.1 Å². The predicted molar refractivity (Wildman–Crippen MR) is 99.7 cm³/mol. The second-order valence-corrected chi connectivity index (χ2v) is 7.66. The van der Waals surface area contributed by atoms with Crippen LogP contribution in [0.15, 0.2) is 18.2 Å². The summed E-state index contributed by atoms with van der Waals surface area (Å²) in [5, 5.41) is 19.6. The minimum atomic E-state index is -0.563. The van der Waals surface area contributed by atoms with E-state index in [-0.39, 0.29) is 11.4 Å². The van der Waals surface area contributed by atoms with Crippen LogP contribution in [0.4, 0.5) is 10.5 Å². The molecule has 0 radical (unpaired) electrons. The maximum atomic E-state index is 12.6. The highest BCUT2D eigenvalue weighted by atomic mass is 16.6. The summed E-state index contributed by atoms with van der Waals surface area (Å²) in [4.78, 5) is 26.4. The Labute approximate surface area is 157 Å². The summed E-state index contributed by atoms with van der Waals surface area (Å²) in [6.07, 6.45) is 0.103. The van der Waals surface area contributed by atoms with Crippen molar-refractivity contribution in [3.05, 3.63) is 40.7 Å². The van der Waals surface area contributed by atoms with Crippen LogP contribution in [-0.2, 0) is 17.7 Å². The zero-order chi connectivity index (χ0) is 19.8. The Hall–Kier alpha value is -3.03. The van der Waals surface area contributed by atoms with Crippen molar-refractivity contribution >= 4 is 17.7 Å². The van der Waals surface area contributed by atoms with Gasteiger partial charge in [0.2, 0.25) is 0 Å². The van der Waals surface area contributed by atoms with Gasteiger partial charge in [-0.3, -0.25) is 9.89 Å². The number of anilines is 1. The lowest BCUT2D eigenvalue weighted by molar-refractivity contribution is 0.0221. The summed E-state index contributed by atoms with van der Waals surface area (Å²) in [5.41, 5.74) is 2.42. The number of benzene rings is 1. The molecule has 2 aromatic rings. The van der Waals surface area contributed by atoms with E-state index in [0.29, 0.717) is 30.9 Å². The van der Waals surface area contributed by atoms with Gasteiger partial charge in [-0.05, 0) is 51.8 Å². The third kappa shape index (κ3) is 4.21. The maximum Gasteiger partial charge on any atom is 0.410 e. The molecule has 0 fully saturated rings. The number of hydrogen-bond donors (Lipinski definition) is 3. The third-order valence-electron chi connectivity index (χ3n) is 4.20. The topological polar surface area (TPSA) is 108 Å². The molecular weight excluding hydrogens is 348 g/mol. The van der Waals surface area contributed by atoms with Crippen LogP contribution < -0.4 is 5.32 Å². The van der Waals surface area contributed by atoms with E-state index >= 15 is 0 Å². The highest BCUT2D eigenvalue weighted by Gasteiger charge is 2.30. The van der Waals surface area contributed by atoms with Gasteiger partial charge in [0.05, 0.1) is 17.9 Å². The molecule has 0 aliphatic carbocycles. The van der Waals surface area contributed by atoms with Crippen LogP contribution in [0, 0.1) is 6.92 Å². The Bertz CT molecular complexity index is 882. The zero-order valence-electron chi connectivity index (χ0n) is 15.9. The number of nitrogens with one attached hydrogen (secondary N) is 2. The van der Waals surface area contributed by atoms with Crippen LogP contribution in [-0.4, -0.2) is 44.4 Å². The summed E-state index contributed by atoms with van der Waals surface area (Å²) in [5.74, 6) is -0.402. The van der Waals surface area contributed by atoms with E-state index in [9.17, 15) is 14.7 Å². The SMILES string of the molecule is Cc1ccc(NC(=O)c2n[nH]c3c2CCN(C(=O)OC(C)(C)C)C3)c(O)c1. The highest BCUT2D eigenvalue weighted by molar-refractivity contribution is 6.04. The first kappa shape index (κ1) is 18.8. The first-order valence-electron chi connectivity index (χ1n) is 8.79. The molecule has 8 nitrogen and oxygen atoms in total. The van der Waals surface area contributed by atoms with Gasteiger partial charge in [0.25, 0.3) is 5.91 Å². The molecule has 3 rings (SSSR count). The van der Waals surface area contributed by atoms with Gasteiger partial charge >= 0.3 is 6.09 Å². The molecule has 0 unspecified atom stereocenters. The summed E-state index contributed by atoms with van der Waals surface area (Å²) >= 11 is 0. The molecule has 1 aliphatic rings. The van der Waals surface area contributed by atoms with Crippen molar-refractivity contribution in [2.24, 2.45) is 0 Å². The predicted octanol–water partition coefficient (Wildman–Crippen LogP) is 2.97. The van der Waals surface area contributed by atoms with Crippen LogP contribution in [0.25, 0.3) is 0 Å². The number of aromatic hydroxyl groups is 1. The minimum Gasteiger partial charge on any atom is -0.506 e. The fourth-order valence-electron chi connectivity index (χ4n) is 2.92. The van der Waals surface area contributed by atoms with E-state index in [1.54, 1.807) is 23.1 Å². The Morgan fingerprint density at radius 1 is 1.33 bits per heavy atom. The standard InChI is InChI=1S/C19H24N4O4/c1-11-5-6-13(15(24)9-11)20-17(25)16-12-7-8-23(10-14(12)21-22-16)18(26)27-19(2,3)4/h5-6,9,24H,7-8,10H2,1-4H3,(H,20,25)(H,21,22). The second kappa shape index (κ2) is 6.94. The molecule has 0 saturated carbocycles. The number of nitrogens with zero attached hydrogens (tertiary/aromatic N) is 2. The number of amides is 2. The first-order chi connectivity index (χ1) is 12.6. The molecule has 2 amide bonds.